The Bertz CT molecular complexity index is 1100. The molecule has 1 fully saturated rings. The van der Waals surface area contributed by atoms with Gasteiger partial charge in [-0.15, -0.1) is 10.2 Å². The van der Waals surface area contributed by atoms with E-state index in [1.54, 1.807) is 12.1 Å². The lowest BCUT2D eigenvalue weighted by Crippen LogP contribution is -2.23. The average molecular weight is 452 g/mol. The number of para-hydroxylation sites is 1. The van der Waals surface area contributed by atoms with E-state index in [9.17, 15) is 4.79 Å². The molecular weight excluding hydrogens is 426 g/mol. The molecule has 0 bridgehead atoms. The van der Waals surface area contributed by atoms with Crippen molar-refractivity contribution in [2.75, 3.05) is 25.2 Å². The van der Waals surface area contributed by atoms with Gasteiger partial charge in [0.25, 0.3) is 0 Å². The molecule has 2 aliphatic heterocycles. The van der Waals surface area contributed by atoms with Gasteiger partial charge in [-0.05, 0) is 57.1 Å². The molecule has 1 atom stereocenters. The van der Waals surface area contributed by atoms with Crippen molar-refractivity contribution in [1.82, 2.24) is 19.7 Å². The van der Waals surface area contributed by atoms with E-state index in [0.717, 1.165) is 31.1 Å². The lowest BCUT2D eigenvalue weighted by Gasteiger charge is -2.17. The number of aromatic nitrogens is 3. The van der Waals surface area contributed by atoms with Gasteiger partial charge in [0.2, 0.25) is 12.7 Å². The molecule has 0 spiro atoms. The summed E-state index contributed by atoms with van der Waals surface area (Å²) in [5.74, 6) is 2.10. The molecule has 32 heavy (non-hydrogen) atoms. The van der Waals surface area contributed by atoms with Crippen LogP contribution in [0, 0.1) is 0 Å². The number of ether oxygens (including phenoxy) is 2. The summed E-state index contributed by atoms with van der Waals surface area (Å²) in [5.41, 5.74) is 1.67. The second-order valence-corrected chi connectivity index (χ2v) is 9.18. The number of fused-ring (bicyclic) bond motifs is 1. The number of thioether (sulfide) groups is 1. The SMILES string of the molecule is CC(Sc1nnc(CN2CCCC2)n1-c1ccccc1)C(=O)Nc1ccc2c(c1)OCO2. The number of benzene rings is 2. The molecule has 0 saturated carbocycles. The van der Waals surface area contributed by atoms with Gasteiger partial charge >= 0.3 is 0 Å². The number of carbonyl (C=O) groups is 1. The van der Waals surface area contributed by atoms with Gasteiger partial charge < -0.3 is 14.8 Å². The third kappa shape index (κ3) is 4.44. The maximum absolute atomic E-state index is 12.9. The van der Waals surface area contributed by atoms with Gasteiger partial charge in [-0.2, -0.15) is 0 Å². The number of nitrogens with zero attached hydrogens (tertiary/aromatic N) is 4. The minimum absolute atomic E-state index is 0.113. The number of rotatable bonds is 7. The van der Waals surface area contributed by atoms with Crippen LogP contribution in [0.3, 0.4) is 0 Å². The van der Waals surface area contributed by atoms with E-state index in [1.165, 1.54) is 24.6 Å². The summed E-state index contributed by atoms with van der Waals surface area (Å²) in [5, 5.41) is 12.2. The standard InChI is InChI=1S/C23H25N5O3S/c1-16(22(29)24-17-9-10-19-20(13-17)31-15-30-19)32-23-26-25-21(14-27-11-5-6-12-27)28(23)18-7-3-2-4-8-18/h2-4,7-10,13,16H,5-6,11-12,14-15H2,1H3,(H,24,29). The summed E-state index contributed by atoms with van der Waals surface area (Å²) in [7, 11) is 0. The summed E-state index contributed by atoms with van der Waals surface area (Å²) in [4.78, 5) is 15.3. The van der Waals surface area contributed by atoms with Gasteiger partial charge in [0, 0.05) is 17.4 Å². The van der Waals surface area contributed by atoms with Crippen molar-refractivity contribution in [2.24, 2.45) is 0 Å². The van der Waals surface area contributed by atoms with Gasteiger partial charge in [0.05, 0.1) is 11.8 Å². The lowest BCUT2D eigenvalue weighted by atomic mass is 10.2. The van der Waals surface area contributed by atoms with E-state index < -0.39 is 0 Å². The van der Waals surface area contributed by atoms with Crippen LogP contribution in [-0.4, -0.2) is 50.7 Å². The monoisotopic (exact) mass is 451 g/mol. The first-order chi connectivity index (χ1) is 15.7. The molecule has 2 aliphatic rings. The highest BCUT2D eigenvalue weighted by molar-refractivity contribution is 8.00. The molecule has 5 rings (SSSR count). The molecule has 1 amide bonds. The Morgan fingerprint density at radius 2 is 1.88 bits per heavy atom. The van der Waals surface area contributed by atoms with Crippen LogP contribution in [0.4, 0.5) is 5.69 Å². The van der Waals surface area contributed by atoms with Gasteiger partial charge in [-0.25, -0.2) is 0 Å². The second-order valence-electron chi connectivity index (χ2n) is 7.87. The first-order valence-electron chi connectivity index (χ1n) is 10.8. The Morgan fingerprint density at radius 1 is 1.09 bits per heavy atom. The molecule has 3 heterocycles. The van der Waals surface area contributed by atoms with E-state index in [2.05, 4.69) is 25.0 Å². The number of amides is 1. The molecular formula is C23H25N5O3S. The minimum Gasteiger partial charge on any atom is -0.454 e. The highest BCUT2D eigenvalue weighted by Crippen LogP contribution is 2.34. The van der Waals surface area contributed by atoms with Crippen molar-refractivity contribution < 1.29 is 14.3 Å². The maximum atomic E-state index is 12.9. The molecule has 1 aromatic heterocycles. The van der Waals surface area contributed by atoms with Gasteiger partial charge in [-0.1, -0.05) is 30.0 Å². The molecule has 1 saturated heterocycles. The highest BCUT2D eigenvalue weighted by Gasteiger charge is 2.23. The summed E-state index contributed by atoms with van der Waals surface area (Å²) in [6, 6.07) is 15.4. The fourth-order valence-electron chi connectivity index (χ4n) is 3.89. The van der Waals surface area contributed by atoms with Crippen molar-refractivity contribution >= 4 is 23.4 Å². The zero-order chi connectivity index (χ0) is 21.9. The zero-order valence-electron chi connectivity index (χ0n) is 17.9. The normalized spacial score (nSPS) is 16.3. The third-order valence-electron chi connectivity index (χ3n) is 5.57. The van der Waals surface area contributed by atoms with Crippen LogP contribution in [0.15, 0.2) is 53.7 Å². The first-order valence-corrected chi connectivity index (χ1v) is 11.6. The Hall–Kier alpha value is -3.04. The van der Waals surface area contributed by atoms with E-state index in [0.29, 0.717) is 22.3 Å². The first kappa shape index (κ1) is 20.8. The molecule has 9 heteroatoms. The van der Waals surface area contributed by atoms with Crippen molar-refractivity contribution in [3.8, 4) is 17.2 Å². The van der Waals surface area contributed by atoms with E-state index in [-0.39, 0.29) is 18.0 Å². The fourth-order valence-corrected chi connectivity index (χ4v) is 4.77. The molecule has 1 unspecified atom stereocenters. The van der Waals surface area contributed by atoms with Crippen LogP contribution in [0.2, 0.25) is 0 Å². The van der Waals surface area contributed by atoms with E-state index in [1.807, 2.05) is 43.3 Å². The van der Waals surface area contributed by atoms with Crippen molar-refractivity contribution in [3.05, 3.63) is 54.4 Å². The quantitative estimate of drug-likeness (QED) is 0.549. The Kier molecular flexibility index (Phi) is 6.00. The number of anilines is 1. The number of nitrogens with one attached hydrogen (secondary N) is 1. The van der Waals surface area contributed by atoms with Crippen LogP contribution in [0.25, 0.3) is 5.69 Å². The van der Waals surface area contributed by atoms with Crippen LogP contribution in [0.5, 0.6) is 11.5 Å². The predicted octanol–water partition coefficient (Wildman–Crippen LogP) is 3.71. The summed E-state index contributed by atoms with van der Waals surface area (Å²) < 4.78 is 12.8. The fraction of sp³-hybridized carbons (Fsp3) is 0.348. The number of hydrogen-bond acceptors (Lipinski definition) is 7. The van der Waals surface area contributed by atoms with Crippen LogP contribution in [0.1, 0.15) is 25.6 Å². The topological polar surface area (TPSA) is 81.5 Å². The van der Waals surface area contributed by atoms with Crippen molar-refractivity contribution in [2.45, 2.75) is 36.7 Å². The molecule has 166 valence electrons. The Balaban J connectivity index is 1.33. The number of hydrogen-bond donors (Lipinski definition) is 1. The van der Waals surface area contributed by atoms with Crippen LogP contribution < -0.4 is 14.8 Å². The lowest BCUT2D eigenvalue weighted by molar-refractivity contribution is -0.115. The third-order valence-corrected chi connectivity index (χ3v) is 6.61. The smallest absolute Gasteiger partial charge is 0.237 e. The van der Waals surface area contributed by atoms with Gasteiger partial charge in [0.1, 0.15) is 0 Å². The van der Waals surface area contributed by atoms with Crippen molar-refractivity contribution in [3.63, 3.8) is 0 Å². The summed E-state index contributed by atoms with van der Waals surface area (Å²) in [6.07, 6.45) is 2.44. The molecule has 1 N–H and O–H groups in total. The molecule has 8 nitrogen and oxygen atoms in total. The Morgan fingerprint density at radius 3 is 2.69 bits per heavy atom. The average Bonchev–Trinajstić information content (AvgIpc) is 3.56. The number of carbonyl (C=O) groups excluding carboxylic acids is 1. The predicted molar refractivity (Wildman–Crippen MR) is 122 cm³/mol. The molecule has 2 aromatic carbocycles. The van der Waals surface area contributed by atoms with E-state index >= 15 is 0 Å². The maximum Gasteiger partial charge on any atom is 0.237 e. The van der Waals surface area contributed by atoms with Crippen molar-refractivity contribution in [1.29, 1.82) is 0 Å². The van der Waals surface area contributed by atoms with E-state index in [4.69, 9.17) is 9.47 Å². The summed E-state index contributed by atoms with van der Waals surface area (Å²) >= 11 is 1.40. The number of likely N-dealkylation sites (tertiary alicyclic amines) is 1. The summed E-state index contributed by atoms with van der Waals surface area (Å²) in [6.45, 7) is 4.99. The highest BCUT2D eigenvalue weighted by atomic mass is 32.2. The van der Waals surface area contributed by atoms with Gasteiger partial charge in [0.15, 0.2) is 22.5 Å². The minimum atomic E-state index is -0.369. The molecule has 0 radical (unpaired) electrons. The van der Waals surface area contributed by atoms with Crippen LogP contribution >= 0.6 is 11.8 Å². The molecule has 0 aliphatic carbocycles. The molecule has 3 aromatic rings. The zero-order valence-corrected chi connectivity index (χ0v) is 18.7. The largest absolute Gasteiger partial charge is 0.454 e. The van der Waals surface area contributed by atoms with Gasteiger partial charge in [-0.3, -0.25) is 14.3 Å². The van der Waals surface area contributed by atoms with Crippen LogP contribution in [-0.2, 0) is 11.3 Å². The second kappa shape index (κ2) is 9.22. The Labute approximate surface area is 190 Å².